The van der Waals surface area contributed by atoms with Gasteiger partial charge < -0.3 is 14.8 Å². The highest BCUT2D eigenvalue weighted by molar-refractivity contribution is 7.12. The molecule has 0 saturated carbocycles. The summed E-state index contributed by atoms with van der Waals surface area (Å²) in [5.41, 5.74) is 3.61. The van der Waals surface area contributed by atoms with Crippen molar-refractivity contribution in [1.82, 2.24) is 9.97 Å². The molecule has 1 aromatic carbocycles. The minimum absolute atomic E-state index is 0.0113. The lowest BCUT2D eigenvalue weighted by atomic mass is 10.0. The predicted octanol–water partition coefficient (Wildman–Crippen LogP) is 5.07. The van der Waals surface area contributed by atoms with Gasteiger partial charge in [0, 0.05) is 11.8 Å². The Labute approximate surface area is 185 Å². The summed E-state index contributed by atoms with van der Waals surface area (Å²) in [5.74, 6) is 0. The average Bonchev–Trinajstić information content (AvgIpc) is 3.27. The number of aryl methyl sites for hydroxylation is 2. The fraction of sp³-hybridized carbons (Fsp3) is 0.250. The van der Waals surface area contributed by atoms with Crippen molar-refractivity contribution in [3.8, 4) is 10.6 Å². The first-order chi connectivity index (χ1) is 14.7. The second kappa shape index (κ2) is 7.83. The number of thiazole rings is 1. The second-order valence-electron chi connectivity index (χ2n) is 8.42. The van der Waals surface area contributed by atoms with Gasteiger partial charge in [-0.25, -0.2) is 15.7 Å². The van der Waals surface area contributed by atoms with E-state index in [1.165, 1.54) is 15.9 Å². The van der Waals surface area contributed by atoms with E-state index in [-0.39, 0.29) is 6.10 Å². The highest BCUT2D eigenvalue weighted by atomic mass is 32.1. The molecule has 0 atom stereocenters. The highest BCUT2D eigenvalue weighted by Gasteiger charge is 2.35. The molecule has 0 amide bonds. The maximum atomic E-state index is 13.2. The molecule has 31 heavy (non-hydrogen) atoms. The van der Waals surface area contributed by atoms with E-state index in [0.717, 1.165) is 22.0 Å². The predicted molar refractivity (Wildman–Crippen MR) is 120 cm³/mol. The van der Waals surface area contributed by atoms with Crippen LogP contribution in [0.5, 0.6) is 0 Å². The van der Waals surface area contributed by atoms with Crippen molar-refractivity contribution >= 4 is 28.3 Å². The molecular formula is C24H24N3O3S-. The molecule has 0 unspecified atom stereocenters. The molecule has 160 valence electrons. The van der Waals surface area contributed by atoms with Gasteiger partial charge in [-0.05, 0) is 40.0 Å². The lowest BCUT2D eigenvalue weighted by Gasteiger charge is -2.25. The molecule has 4 rings (SSSR count). The minimum atomic E-state index is -0.688. The van der Waals surface area contributed by atoms with Crippen molar-refractivity contribution in [2.75, 3.05) is 0 Å². The number of carbonyl (C=O) groups excluding carboxylic acids is 1. The third-order valence-corrected chi connectivity index (χ3v) is 5.74. The number of ether oxygens (including phenoxy) is 1. The third-order valence-electron chi connectivity index (χ3n) is 4.76. The lowest BCUT2D eigenvalue weighted by Crippen LogP contribution is -2.50. The summed E-state index contributed by atoms with van der Waals surface area (Å²) in [6.45, 7) is 9.28. The van der Waals surface area contributed by atoms with Crippen molar-refractivity contribution in [1.29, 1.82) is 0 Å². The molecule has 0 radical (unpaired) electrons. The van der Waals surface area contributed by atoms with Gasteiger partial charge in [-0.2, -0.15) is 11.6 Å². The molecule has 3 aromatic heterocycles. The van der Waals surface area contributed by atoms with Gasteiger partial charge in [0.05, 0.1) is 0 Å². The van der Waals surface area contributed by atoms with Gasteiger partial charge in [-0.15, -0.1) is 16.3 Å². The number of benzene rings is 1. The minimum Gasteiger partial charge on any atom is -0.460 e. The summed E-state index contributed by atoms with van der Waals surface area (Å²) in [6.07, 6.45) is 2.78. The van der Waals surface area contributed by atoms with Crippen LogP contribution in [0.4, 0.5) is 4.79 Å². The van der Waals surface area contributed by atoms with Crippen molar-refractivity contribution in [2.24, 2.45) is 0 Å². The van der Waals surface area contributed by atoms with Crippen molar-refractivity contribution in [2.45, 2.75) is 40.2 Å². The van der Waals surface area contributed by atoms with E-state index in [9.17, 15) is 9.90 Å². The molecule has 4 aromatic rings. The number of hydrogen-bond donors (Lipinski definition) is 1. The SMILES string of the molecule is Cc1ccc2n[c-](C)c([C-](O)c3c[s+][c-](-c4cccnc4)[n+]3C(=O)OC(C)(C)C)c2c1. The number of aromatic nitrogens is 3. The number of fused-ring (bicyclic) bond motifs is 1. The summed E-state index contributed by atoms with van der Waals surface area (Å²) in [7, 11) is 0. The molecule has 0 bridgehead atoms. The monoisotopic (exact) mass is 434 g/mol. The molecule has 0 aliphatic carbocycles. The standard InChI is InChI=1S/C24H24N3O3S/c1-14-8-9-18-17(11-14)20(15(2)26-18)21(28)19-13-31-22(16-7-6-10-25-12-16)27(19)23(29)30-24(3,4)5/h6-13,28H,1-5H3/q-1. The van der Waals surface area contributed by atoms with Crippen LogP contribution in [0.25, 0.3) is 21.5 Å². The van der Waals surface area contributed by atoms with Gasteiger partial charge in [0.15, 0.2) is 5.38 Å². The topological polar surface area (TPSA) is 76.2 Å². The largest absolute Gasteiger partial charge is 0.548 e. The number of pyridine rings is 1. The first-order valence-electron chi connectivity index (χ1n) is 9.93. The fourth-order valence-electron chi connectivity index (χ4n) is 3.47. The van der Waals surface area contributed by atoms with Crippen molar-refractivity contribution in [3.63, 3.8) is 0 Å². The molecule has 0 spiro atoms. The van der Waals surface area contributed by atoms with Crippen LogP contribution < -0.4 is 4.57 Å². The zero-order valence-electron chi connectivity index (χ0n) is 18.1. The number of rotatable bonds is 3. The Morgan fingerprint density at radius 2 is 2.06 bits per heavy atom. The van der Waals surface area contributed by atoms with Gasteiger partial charge in [0.1, 0.15) is 11.3 Å². The summed E-state index contributed by atoms with van der Waals surface area (Å²) < 4.78 is 7.07. The quantitative estimate of drug-likeness (QED) is 0.277. The second-order valence-corrected chi connectivity index (χ2v) is 9.28. The Morgan fingerprint density at radius 3 is 2.74 bits per heavy atom. The zero-order chi connectivity index (χ0) is 22.3. The van der Waals surface area contributed by atoms with E-state index >= 15 is 0 Å². The maximum absolute atomic E-state index is 13.2. The van der Waals surface area contributed by atoms with Gasteiger partial charge in [-0.3, -0.25) is 4.98 Å². The Balaban J connectivity index is 1.89. The van der Waals surface area contributed by atoms with Gasteiger partial charge in [0.25, 0.3) is 0 Å². The summed E-state index contributed by atoms with van der Waals surface area (Å²) in [5, 5.41) is 14.6. The van der Waals surface area contributed by atoms with Crippen LogP contribution in [0.1, 0.15) is 43.3 Å². The Hall–Kier alpha value is -3.16. The summed E-state index contributed by atoms with van der Waals surface area (Å²) in [4.78, 5) is 22.0. The molecule has 3 heterocycles. The lowest BCUT2D eigenvalue weighted by molar-refractivity contribution is -0.580. The van der Waals surface area contributed by atoms with E-state index in [1.807, 2.05) is 58.9 Å². The molecule has 1 N–H and O–H groups in total. The fourth-order valence-corrected chi connectivity index (χ4v) is 4.44. The van der Waals surface area contributed by atoms with E-state index in [2.05, 4.69) is 9.97 Å². The van der Waals surface area contributed by atoms with Crippen LogP contribution in [0.2, 0.25) is 0 Å². The van der Waals surface area contributed by atoms with Crippen molar-refractivity contribution in [3.05, 3.63) is 76.7 Å². The van der Waals surface area contributed by atoms with Gasteiger partial charge >= 0.3 is 11.1 Å². The average molecular weight is 435 g/mol. The van der Waals surface area contributed by atoms with Crippen LogP contribution in [0.15, 0.2) is 48.1 Å². The Morgan fingerprint density at radius 1 is 1.29 bits per heavy atom. The summed E-state index contributed by atoms with van der Waals surface area (Å²) in [6, 6.07) is 9.59. The first-order valence-corrected chi connectivity index (χ1v) is 10.8. The molecular weight excluding hydrogens is 410 g/mol. The summed E-state index contributed by atoms with van der Waals surface area (Å²) >= 11 is 1.34. The molecule has 0 aliphatic heterocycles. The molecule has 7 heteroatoms. The smallest absolute Gasteiger partial charge is 0.460 e. The molecule has 0 saturated heterocycles. The normalized spacial score (nSPS) is 11.7. The third kappa shape index (κ3) is 4.06. The first kappa shape index (κ1) is 21.1. The van der Waals surface area contributed by atoms with Crippen LogP contribution in [0, 0.1) is 20.0 Å². The van der Waals surface area contributed by atoms with E-state index in [0.29, 0.717) is 22.0 Å². The van der Waals surface area contributed by atoms with E-state index in [4.69, 9.17) is 4.74 Å². The number of nitrogens with zero attached hydrogens (tertiary/aromatic N) is 3. The number of hydrogen-bond acceptors (Lipinski definition) is 5. The van der Waals surface area contributed by atoms with Crippen LogP contribution in [-0.4, -0.2) is 26.8 Å². The van der Waals surface area contributed by atoms with Crippen LogP contribution >= 0.6 is 11.3 Å². The van der Waals surface area contributed by atoms with Crippen LogP contribution in [-0.2, 0) is 4.74 Å². The van der Waals surface area contributed by atoms with E-state index in [1.54, 1.807) is 23.8 Å². The molecule has 0 aliphatic rings. The van der Waals surface area contributed by atoms with Gasteiger partial charge in [0.2, 0.25) is 11.3 Å². The maximum Gasteiger partial charge on any atom is 0.548 e. The number of aliphatic hydroxyl groups is 1. The Bertz CT molecular complexity index is 1250. The number of carbonyl (C=O) groups is 1. The highest BCUT2D eigenvalue weighted by Crippen LogP contribution is 2.33. The van der Waals surface area contributed by atoms with Crippen molar-refractivity contribution < 1.29 is 19.2 Å². The van der Waals surface area contributed by atoms with Crippen LogP contribution in [0.3, 0.4) is 0 Å². The number of aliphatic hydroxyl groups excluding tert-OH is 1. The van der Waals surface area contributed by atoms with Gasteiger partial charge in [-0.1, -0.05) is 30.7 Å². The zero-order valence-corrected chi connectivity index (χ0v) is 18.9. The molecule has 0 fully saturated rings. The Kier molecular flexibility index (Phi) is 5.33. The van der Waals surface area contributed by atoms with E-state index < -0.39 is 11.7 Å². The molecule has 6 nitrogen and oxygen atoms in total.